The van der Waals surface area contributed by atoms with Crippen molar-refractivity contribution in [2.75, 3.05) is 5.32 Å². The Labute approximate surface area is 195 Å². The topological polar surface area (TPSA) is 72.7 Å². The monoisotopic (exact) mass is 461 g/mol. The van der Waals surface area contributed by atoms with Crippen LogP contribution < -0.4 is 5.32 Å². The molecule has 0 unspecified atom stereocenters. The van der Waals surface area contributed by atoms with Gasteiger partial charge in [0.25, 0.3) is 5.91 Å². The Morgan fingerprint density at radius 2 is 1.94 bits per heavy atom. The van der Waals surface area contributed by atoms with Gasteiger partial charge < -0.3 is 0 Å². The first-order valence-electron chi connectivity index (χ1n) is 10.0. The van der Waals surface area contributed by atoms with Gasteiger partial charge in [0.15, 0.2) is 5.13 Å². The minimum absolute atomic E-state index is 0.296. The first kappa shape index (κ1) is 21.8. The van der Waals surface area contributed by atoms with E-state index in [0.717, 1.165) is 12.0 Å². The number of halogens is 1. The predicted octanol–water partition coefficient (Wildman–Crippen LogP) is 5.43. The summed E-state index contributed by atoms with van der Waals surface area (Å²) in [7, 11) is 0. The molecule has 3 aromatic heterocycles. The van der Waals surface area contributed by atoms with Crippen molar-refractivity contribution in [1.82, 2.24) is 19.7 Å². The van der Waals surface area contributed by atoms with Gasteiger partial charge in [-0.05, 0) is 30.5 Å². The summed E-state index contributed by atoms with van der Waals surface area (Å²) in [5.41, 5.74) is 4.02. The quantitative estimate of drug-likeness (QED) is 0.402. The van der Waals surface area contributed by atoms with E-state index in [2.05, 4.69) is 32.2 Å². The first-order chi connectivity index (χ1) is 15.5. The van der Waals surface area contributed by atoms with Crippen LogP contribution >= 0.6 is 22.9 Å². The fourth-order valence-corrected chi connectivity index (χ4v) is 4.13. The van der Waals surface area contributed by atoms with Crippen molar-refractivity contribution in [2.24, 2.45) is 0 Å². The van der Waals surface area contributed by atoms with Crippen LogP contribution in [-0.4, -0.2) is 25.7 Å². The van der Waals surface area contributed by atoms with Gasteiger partial charge in [-0.3, -0.25) is 10.1 Å². The normalized spacial score (nSPS) is 10.5. The lowest BCUT2D eigenvalue weighted by molar-refractivity contribution is 0.102. The van der Waals surface area contributed by atoms with Gasteiger partial charge in [-0.2, -0.15) is 5.10 Å². The third kappa shape index (κ3) is 4.88. The number of hydrogen-bond acceptors (Lipinski definition) is 5. The standard InChI is InChI=1S/C24H20ClN5OS/c1-3-4-11-18-12-8-13-19(26-18)20-15-32-24(27-20)28-23(31)21-16(2)29-30(22(21)25)14-17-9-6-5-7-10-17/h5-10,12-13,15H,3,14H2,1-2H3,(H,27,28,31). The second kappa shape index (κ2) is 9.77. The smallest absolute Gasteiger partial charge is 0.262 e. The summed E-state index contributed by atoms with van der Waals surface area (Å²) < 4.78 is 1.63. The molecule has 0 atom stereocenters. The molecule has 32 heavy (non-hydrogen) atoms. The number of anilines is 1. The lowest BCUT2D eigenvalue weighted by atomic mass is 10.2. The molecule has 0 bridgehead atoms. The molecule has 0 aliphatic rings. The number of pyridine rings is 1. The summed E-state index contributed by atoms with van der Waals surface area (Å²) in [6.07, 6.45) is 0.767. The SMILES string of the molecule is CCC#Cc1cccc(-c2csc(NC(=O)c3c(C)nn(Cc4ccccc4)c3Cl)n2)n1. The molecule has 0 saturated heterocycles. The summed E-state index contributed by atoms with van der Waals surface area (Å²) in [6.45, 7) is 4.24. The second-order valence-electron chi connectivity index (χ2n) is 6.95. The highest BCUT2D eigenvalue weighted by molar-refractivity contribution is 7.14. The van der Waals surface area contributed by atoms with Crippen LogP contribution in [0, 0.1) is 18.8 Å². The molecule has 1 amide bonds. The molecule has 0 aliphatic carbocycles. The van der Waals surface area contributed by atoms with Crippen LogP contribution in [0.4, 0.5) is 5.13 Å². The van der Waals surface area contributed by atoms with E-state index in [9.17, 15) is 4.79 Å². The number of thiazole rings is 1. The predicted molar refractivity (Wildman–Crippen MR) is 128 cm³/mol. The summed E-state index contributed by atoms with van der Waals surface area (Å²) in [5.74, 6) is 5.69. The van der Waals surface area contributed by atoms with Gasteiger partial charge in [0.05, 0.1) is 23.5 Å². The zero-order valence-corrected chi connectivity index (χ0v) is 19.2. The third-order valence-corrected chi connectivity index (χ3v) is 5.74. The summed E-state index contributed by atoms with van der Waals surface area (Å²) >= 11 is 7.82. The average molecular weight is 462 g/mol. The van der Waals surface area contributed by atoms with Gasteiger partial charge in [0.2, 0.25) is 0 Å². The van der Waals surface area contributed by atoms with Gasteiger partial charge in [-0.25, -0.2) is 14.6 Å². The summed E-state index contributed by atoms with van der Waals surface area (Å²) in [5, 5.41) is 9.88. The van der Waals surface area contributed by atoms with E-state index in [1.54, 1.807) is 11.6 Å². The van der Waals surface area contributed by atoms with Gasteiger partial charge >= 0.3 is 0 Å². The van der Waals surface area contributed by atoms with Crippen LogP contribution in [-0.2, 0) is 6.54 Å². The maximum atomic E-state index is 12.9. The maximum Gasteiger partial charge on any atom is 0.262 e. The molecule has 1 N–H and O–H groups in total. The van der Waals surface area contributed by atoms with Gasteiger partial charge in [0.1, 0.15) is 16.5 Å². The molecule has 0 aliphatic heterocycles. The fourth-order valence-electron chi connectivity index (χ4n) is 3.11. The van der Waals surface area contributed by atoms with E-state index in [1.807, 2.05) is 60.8 Å². The highest BCUT2D eigenvalue weighted by Crippen LogP contribution is 2.26. The van der Waals surface area contributed by atoms with Crippen molar-refractivity contribution in [3.05, 3.63) is 81.6 Å². The lowest BCUT2D eigenvalue weighted by Gasteiger charge is -2.04. The molecule has 6 nitrogen and oxygen atoms in total. The Kier molecular flexibility index (Phi) is 6.64. The van der Waals surface area contributed by atoms with Crippen LogP contribution in [0.5, 0.6) is 0 Å². The average Bonchev–Trinajstić information content (AvgIpc) is 3.37. The second-order valence-corrected chi connectivity index (χ2v) is 8.17. The van der Waals surface area contributed by atoms with Crippen molar-refractivity contribution >= 4 is 34.0 Å². The van der Waals surface area contributed by atoms with Crippen LogP contribution in [0.2, 0.25) is 5.15 Å². The molecule has 8 heteroatoms. The molecule has 0 fully saturated rings. The molecule has 160 valence electrons. The molecule has 1 aromatic carbocycles. The van der Waals surface area contributed by atoms with Crippen molar-refractivity contribution in [3.63, 3.8) is 0 Å². The molecule has 0 spiro atoms. The number of hydrogen-bond donors (Lipinski definition) is 1. The van der Waals surface area contributed by atoms with Crippen LogP contribution in [0.3, 0.4) is 0 Å². The number of nitrogens with zero attached hydrogens (tertiary/aromatic N) is 4. The third-order valence-electron chi connectivity index (χ3n) is 4.60. The minimum atomic E-state index is -0.344. The number of nitrogens with one attached hydrogen (secondary N) is 1. The summed E-state index contributed by atoms with van der Waals surface area (Å²) in [4.78, 5) is 22.0. The highest BCUT2D eigenvalue weighted by Gasteiger charge is 2.21. The van der Waals surface area contributed by atoms with Crippen molar-refractivity contribution < 1.29 is 4.79 Å². The Balaban J connectivity index is 1.51. The van der Waals surface area contributed by atoms with E-state index >= 15 is 0 Å². The number of carbonyl (C=O) groups is 1. The number of rotatable bonds is 5. The number of aromatic nitrogens is 4. The largest absolute Gasteiger partial charge is 0.298 e. The number of amides is 1. The number of benzene rings is 1. The Hall–Kier alpha value is -3.47. The molecule has 3 heterocycles. The zero-order chi connectivity index (χ0) is 22.5. The Morgan fingerprint density at radius 1 is 1.12 bits per heavy atom. The van der Waals surface area contributed by atoms with Gasteiger partial charge in [0, 0.05) is 11.8 Å². The maximum absolute atomic E-state index is 12.9. The fraction of sp³-hybridized carbons (Fsp3) is 0.167. The van der Waals surface area contributed by atoms with Gasteiger partial charge in [-0.15, -0.1) is 11.3 Å². The van der Waals surface area contributed by atoms with E-state index in [4.69, 9.17) is 11.6 Å². The Morgan fingerprint density at radius 3 is 2.72 bits per heavy atom. The zero-order valence-electron chi connectivity index (χ0n) is 17.6. The highest BCUT2D eigenvalue weighted by atomic mass is 35.5. The van der Waals surface area contributed by atoms with Crippen LogP contribution in [0.1, 0.15) is 40.7 Å². The summed E-state index contributed by atoms with van der Waals surface area (Å²) in [6, 6.07) is 15.4. The molecule has 0 radical (unpaired) electrons. The van der Waals surface area contributed by atoms with Crippen LogP contribution in [0.25, 0.3) is 11.4 Å². The molecule has 4 rings (SSSR count). The van der Waals surface area contributed by atoms with Crippen molar-refractivity contribution in [1.29, 1.82) is 0 Å². The number of carbonyl (C=O) groups excluding carboxylic acids is 1. The molecular weight excluding hydrogens is 442 g/mol. The Bertz CT molecular complexity index is 1320. The van der Waals surface area contributed by atoms with Crippen LogP contribution in [0.15, 0.2) is 53.9 Å². The van der Waals surface area contributed by atoms with E-state index in [-0.39, 0.29) is 5.91 Å². The van der Waals surface area contributed by atoms with Crippen molar-refractivity contribution in [3.8, 4) is 23.2 Å². The van der Waals surface area contributed by atoms with E-state index in [0.29, 0.717) is 45.2 Å². The van der Waals surface area contributed by atoms with E-state index in [1.165, 1.54) is 11.3 Å². The van der Waals surface area contributed by atoms with E-state index < -0.39 is 0 Å². The minimum Gasteiger partial charge on any atom is -0.298 e. The first-order valence-corrected chi connectivity index (χ1v) is 11.3. The lowest BCUT2D eigenvalue weighted by Crippen LogP contribution is -2.13. The molecule has 0 saturated carbocycles. The van der Waals surface area contributed by atoms with Gasteiger partial charge in [-0.1, -0.05) is 60.8 Å². The molecule has 4 aromatic rings. The molecular formula is C24H20ClN5OS. The number of aryl methyl sites for hydroxylation is 1. The van der Waals surface area contributed by atoms with Crippen molar-refractivity contribution in [2.45, 2.75) is 26.8 Å².